The van der Waals surface area contributed by atoms with Crippen molar-refractivity contribution < 1.29 is 14.7 Å². The first-order chi connectivity index (χ1) is 10.2. The minimum Gasteiger partial charge on any atom is -0.478 e. The van der Waals surface area contributed by atoms with E-state index in [-0.39, 0.29) is 23.1 Å². The molecule has 0 radical (unpaired) electrons. The topological polar surface area (TPSA) is 69.6 Å². The van der Waals surface area contributed by atoms with Gasteiger partial charge in [0, 0.05) is 24.5 Å². The summed E-state index contributed by atoms with van der Waals surface area (Å²) >= 11 is 0. The summed E-state index contributed by atoms with van der Waals surface area (Å²) in [6.45, 7) is 9.81. The zero-order valence-electron chi connectivity index (χ0n) is 13.6. The summed E-state index contributed by atoms with van der Waals surface area (Å²) in [6.07, 6.45) is 0. The van der Waals surface area contributed by atoms with E-state index in [1.54, 1.807) is 24.3 Å². The molecule has 5 nitrogen and oxygen atoms in total. The van der Waals surface area contributed by atoms with Gasteiger partial charge in [-0.1, -0.05) is 39.8 Å². The van der Waals surface area contributed by atoms with Crippen molar-refractivity contribution in [3.63, 3.8) is 0 Å². The Bertz CT molecular complexity index is 564. The first-order valence-electron chi connectivity index (χ1n) is 7.59. The van der Waals surface area contributed by atoms with Gasteiger partial charge >= 0.3 is 12.0 Å². The predicted molar refractivity (Wildman–Crippen MR) is 84.8 cm³/mol. The number of likely N-dealkylation sites (tertiary alicyclic amines) is 1. The van der Waals surface area contributed by atoms with Gasteiger partial charge < -0.3 is 15.3 Å². The molecule has 1 aliphatic heterocycles. The quantitative estimate of drug-likeness (QED) is 0.898. The van der Waals surface area contributed by atoms with Gasteiger partial charge in [-0.3, -0.25) is 0 Å². The number of amides is 2. The van der Waals surface area contributed by atoms with Gasteiger partial charge in [0.15, 0.2) is 0 Å². The second-order valence-corrected chi connectivity index (χ2v) is 6.97. The van der Waals surface area contributed by atoms with Crippen LogP contribution in [0.2, 0.25) is 0 Å². The van der Waals surface area contributed by atoms with Gasteiger partial charge in [-0.05, 0) is 23.6 Å². The zero-order valence-corrected chi connectivity index (χ0v) is 13.6. The van der Waals surface area contributed by atoms with Crippen molar-refractivity contribution in [3.05, 3.63) is 35.4 Å². The van der Waals surface area contributed by atoms with Crippen LogP contribution in [0, 0.1) is 11.3 Å². The summed E-state index contributed by atoms with van der Waals surface area (Å²) in [5, 5.41) is 11.8. The highest BCUT2D eigenvalue weighted by Crippen LogP contribution is 2.40. The van der Waals surface area contributed by atoms with Crippen LogP contribution in [-0.2, 0) is 6.54 Å². The maximum absolute atomic E-state index is 12.3. The highest BCUT2D eigenvalue weighted by atomic mass is 16.4. The van der Waals surface area contributed by atoms with Crippen LogP contribution < -0.4 is 5.32 Å². The molecule has 1 saturated heterocycles. The number of aromatic carboxylic acids is 1. The Morgan fingerprint density at radius 2 is 1.91 bits per heavy atom. The molecule has 1 fully saturated rings. The van der Waals surface area contributed by atoms with Crippen LogP contribution in [0.3, 0.4) is 0 Å². The fraction of sp³-hybridized carbons (Fsp3) is 0.529. The molecule has 0 aromatic heterocycles. The first-order valence-corrected chi connectivity index (χ1v) is 7.59. The number of rotatable bonds is 4. The lowest BCUT2D eigenvalue weighted by molar-refractivity contribution is -0.0406. The molecule has 1 atom stereocenters. The summed E-state index contributed by atoms with van der Waals surface area (Å²) in [6, 6.07) is 6.75. The van der Waals surface area contributed by atoms with Crippen LogP contribution in [0.1, 0.15) is 43.6 Å². The van der Waals surface area contributed by atoms with Gasteiger partial charge in [0.25, 0.3) is 0 Å². The SMILES string of the molecule is CC(C)C1N(C(=O)NCc2ccc(C(=O)O)cc2)CC1(C)C. The van der Waals surface area contributed by atoms with E-state index in [1.807, 2.05) is 4.90 Å². The molecule has 1 aromatic rings. The standard InChI is InChI=1S/C17H24N2O3/c1-11(2)14-17(3,4)10-19(14)16(22)18-9-12-5-7-13(8-6-12)15(20)21/h5-8,11,14H,9-10H2,1-4H3,(H,18,22)(H,20,21). The Morgan fingerprint density at radius 3 is 2.36 bits per heavy atom. The smallest absolute Gasteiger partial charge is 0.335 e. The summed E-state index contributed by atoms with van der Waals surface area (Å²) in [4.78, 5) is 25.0. The number of nitrogens with one attached hydrogen (secondary N) is 1. The van der Waals surface area contributed by atoms with Gasteiger partial charge in [0.1, 0.15) is 0 Å². The fourth-order valence-electron chi connectivity index (χ4n) is 3.45. The minimum absolute atomic E-state index is 0.0552. The van der Waals surface area contributed by atoms with E-state index in [2.05, 4.69) is 33.0 Å². The number of urea groups is 1. The van der Waals surface area contributed by atoms with Crippen molar-refractivity contribution in [1.82, 2.24) is 10.2 Å². The minimum atomic E-state index is -0.946. The van der Waals surface area contributed by atoms with Crippen LogP contribution in [0.5, 0.6) is 0 Å². The Labute approximate surface area is 131 Å². The Morgan fingerprint density at radius 1 is 1.32 bits per heavy atom. The summed E-state index contributed by atoms with van der Waals surface area (Å²) in [7, 11) is 0. The Hall–Kier alpha value is -2.04. The molecule has 2 N–H and O–H groups in total. The molecule has 1 heterocycles. The largest absolute Gasteiger partial charge is 0.478 e. The second-order valence-electron chi connectivity index (χ2n) is 6.97. The first kappa shape index (κ1) is 16.3. The van der Waals surface area contributed by atoms with Gasteiger partial charge in [-0.2, -0.15) is 0 Å². The van der Waals surface area contributed by atoms with Crippen LogP contribution in [-0.4, -0.2) is 34.6 Å². The molecule has 2 amide bonds. The summed E-state index contributed by atoms with van der Waals surface area (Å²) < 4.78 is 0. The zero-order chi connectivity index (χ0) is 16.5. The molecule has 0 aliphatic carbocycles. The van der Waals surface area contributed by atoms with Crippen LogP contribution in [0.4, 0.5) is 4.79 Å². The fourth-order valence-corrected chi connectivity index (χ4v) is 3.45. The highest BCUT2D eigenvalue weighted by molar-refractivity contribution is 5.87. The lowest BCUT2D eigenvalue weighted by atomic mass is 9.70. The van der Waals surface area contributed by atoms with E-state index in [0.717, 1.165) is 12.1 Å². The summed E-state index contributed by atoms with van der Waals surface area (Å²) in [5.74, 6) is -0.525. The third kappa shape index (κ3) is 3.24. The van der Waals surface area contributed by atoms with E-state index in [9.17, 15) is 9.59 Å². The third-order valence-electron chi connectivity index (χ3n) is 4.25. The van der Waals surface area contributed by atoms with Crippen molar-refractivity contribution in [2.24, 2.45) is 11.3 Å². The van der Waals surface area contributed by atoms with Gasteiger partial charge in [-0.15, -0.1) is 0 Å². The van der Waals surface area contributed by atoms with Crippen LogP contribution >= 0.6 is 0 Å². The lowest BCUT2D eigenvalue weighted by Gasteiger charge is -2.56. The van der Waals surface area contributed by atoms with Crippen LogP contribution in [0.25, 0.3) is 0 Å². The average Bonchev–Trinajstić information content (AvgIpc) is 2.42. The van der Waals surface area contributed by atoms with E-state index in [1.165, 1.54) is 0 Å². The normalized spacial score (nSPS) is 19.7. The lowest BCUT2D eigenvalue weighted by Crippen LogP contribution is -2.67. The summed E-state index contributed by atoms with van der Waals surface area (Å²) in [5.41, 5.74) is 1.30. The molecule has 2 rings (SSSR count). The van der Waals surface area contributed by atoms with Crippen molar-refractivity contribution in [3.8, 4) is 0 Å². The Kier molecular flexibility index (Phi) is 4.44. The number of hydrogen-bond donors (Lipinski definition) is 2. The van der Waals surface area contributed by atoms with Crippen molar-refractivity contribution >= 4 is 12.0 Å². The number of carbonyl (C=O) groups excluding carboxylic acids is 1. The molecule has 120 valence electrons. The molecule has 0 spiro atoms. The maximum atomic E-state index is 12.3. The molecular weight excluding hydrogens is 280 g/mol. The molecule has 5 heteroatoms. The van der Waals surface area contributed by atoms with Gasteiger partial charge in [0.2, 0.25) is 0 Å². The van der Waals surface area contributed by atoms with Gasteiger partial charge in [0.05, 0.1) is 5.56 Å². The number of carbonyl (C=O) groups is 2. The molecule has 22 heavy (non-hydrogen) atoms. The number of carboxylic acid groups (broad SMARTS) is 1. The predicted octanol–water partition coefficient (Wildman–Crippen LogP) is 2.96. The monoisotopic (exact) mass is 304 g/mol. The van der Waals surface area contributed by atoms with E-state index >= 15 is 0 Å². The molecule has 1 unspecified atom stereocenters. The van der Waals surface area contributed by atoms with Crippen molar-refractivity contribution in [2.45, 2.75) is 40.3 Å². The Balaban J connectivity index is 1.92. The van der Waals surface area contributed by atoms with E-state index in [4.69, 9.17) is 5.11 Å². The van der Waals surface area contributed by atoms with Crippen molar-refractivity contribution in [1.29, 1.82) is 0 Å². The molecule has 1 aliphatic rings. The van der Waals surface area contributed by atoms with Gasteiger partial charge in [-0.25, -0.2) is 9.59 Å². The number of benzene rings is 1. The average molecular weight is 304 g/mol. The van der Waals surface area contributed by atoms with Crippen molar-refractivity contribution in [2.75, 3.05) is 6.54 Å². The highest BCUT2D eigenvalue weighted by Gasteiger charge is 2.49. The van der Waals surface area contributed by atoms with E-state index < -0.39 is 5.97 Å². The maximum Gasteiger partial charge on any atom is 0.335 e. The third-order valence-corrected chi connectivity index (χ3v) is 4.25. The second kappa shape index (κ2) is 5.99. The van der Waals surface area contributed by atoms with E-state index in [0.29, 0.717) is 12.5 Å². The molecule has 0 saturated carbocycles. The molecular formula is C17H24N2O3. The molecule has 1 aromatic carbocycles. The van der Waals surface area contributed by atoms with Crippen LogP contribution in [0.15, 0.2) is 24.3 Å². The molecule has 0 bridgehead atoms. The number of carboxylic acids is 1. The number of nitrogens with zero attached hydrogens (tertiary/aromatic N) is 1. The number of hydrogen-bond acceptors (Lipinski definition) is 2.